The van der Waals surface area contributed by atoms with E-state index in [-0.39, 0.29) is 12.3 Å². The van der Waals surface area contributed by atoms with E-state index in [9.17, 15) is 30.3 Å². The third-order valence-corrected chi connectivity index (χ3v) is 9.71. The maximum Gasteiger partial charge on any atom is 0.220 e. The number of ether oxygens (including phenoxy) is 1. The van der Waals surface area contributed by atoms with Gasteiger partial charge >= 0.3 is 0 Å². The van der Waals surface area contributed by atoms with Gasteiger partial charge in [0.15, 0.2) is 0 Å². The van der Waals surface area contributed by atoms with Crippen molar-refractivity contribution in [2.75, 3.05) is 6.61 Å². The van der Waals surface area contributed by atoms with Crippen LogP contribution >= 0.6 is 0 Å². The number of hydrogen-bond donors (Lipinski definition) is 6. The van der Waals surface area contributed by atoms with Gasteiger partial charge in [0.25, 0.3) is 0 Å². The standard InChI is InChI=1S/C37H73NO7/c1-3-5-6-7-8-9-10-11-12-13-14-15-16-17-18-19-20-21-22-23-24-25-26-27-34(41)38-30(31(40)4-2)28-32-35(42)37(44)36(43)33(29-39)45-32/h30-33,35-37,39-40,42-44H,3-29H2,1-2H3,(H,38,41)/t30-,31+,32+,33+,35-,36-,37+/m0/s1. The summed E-state index contributed by atoms with van der Waals surface area (Å²) >= 11 is 0. The Balaban J connectivity index is 1.98. The molecule has 1 rings (SSSR count). The van der Waals surface area contributed by atoms with Crippen molar-refractivity contribution in [1.82, 2.24) is 5.32 Å². The van der Waals surface area contributed by atoms with Gasteiger partial charge < -0.3 is 35.6 Å². The van der Waals surface area contributed by atoms with Crippen molar-refractivity contribution in [2.45, 2.75) is 223 Å². The minimum absolute atomic E-state index is 0.0710. The van der Waals surface area contributed by atoms with Crippen LogP contribution in [0.5, 0.6) is 0 Å². The van der Waals surface area contributed by atoms with Crippen LogP contribution in [0.15, 0.2) is 0 Å². The summed E-state index contributed by atoms with van der Waals surface area (Å²) in [7, 11) is 0. The highest BCUT2D eigenvalue weighted by Gasteiger charge is 2.44. The minimum Gasteiger partial charge on any atom is -0.394 e. The second-order valence-corrected chi connectivity index (χ2v) is 13.8. The average Bonchev–Trinajstić information content (AvgIpc) is 3.04. The lowest BCUT2D eigenvalue weighted by Crippen LogP contribution is -2.60. The topological polar surface area (TPSA) is 139 Å². The molecule has 6 N–H and O–H groups in total. The second-order valence-electron chi connectivity index (χ2n) is 13.8. The maximum atomic E-state index is 12.6. The first-order valence-electron chi connectivity index (χ1n) is 19.1. The highest BCUT2D eigenvalue weighted by Crippen LogP contribution is 2.25. The van der Waals surface area contributed by atoms with Gasteiger partial charge in [0, 0.05) is 6.42 Å². The summed E-state index contributed by atoms with van der Waals surface area (Å²) in [4.78, 5) is 12.6. The summed E-state index contributed by atoms with van der Waals surface area (Å²) < 4.78 is 5.58. The van der Waals surface area contributed by atoms with Gasteiger partial charge in [-0.15, -0.1) is 0 Å². The Bertz CT molecular complexity index is 679. The van der Waals surface area contributed by atoms with Crippen LogP contribution in [0.2, 0.25) is 0 Å². The fraction of sp³-hybridized carbons (Fsp3) is 0.973. The minimum atomic E-state index is -1.47. The molecule has 0 aliphatic carbocycles. The van der Waals surface area contributed by atoms with E-state index >= 15 is 0 Å². The Morgan fingerprint density at radius 2 is 0.978 bits per heavy atom. The molecule has 8 nitrogen and oxygen atoms in total. The van der Waals surface area contributed by atoms with Crippen molar-refractivity contribution in [3.05, 3.63) is 0 Å². The molecule has 0 spiro atoms. The molecular formula is C37H73NO7. The molecule has 0 aromatic rings. The quantitative estimate of drug-likeness (QED) is 0.0470. The molecule has 1 amide bonds. The monoisotopic (exact) mass is 644 g/mol. The van der Waals surface area contributed by atoms with E-state index in [1.165, 1.54) is 128 Å². The van der Waals surface area contributed by atoms with E-state index in [2.05, 4.69) is 12.2 Å². The van der Waals surface area contributed by atoms with Crippen LogP contribution in [0, 0.1) is 0 Å². The molecule has 1 heterocycles. The number of unbranched alkanes of at least 4 members (excludes halogenated alkanes) is 22. The average molecular weight is 644 g/mol. The van der Waals surface area contributed by atoms with Crippen LogP contribution in [0.1, 0.15) is 181 Å². The molecule has 0 aromatic heterocycles. The first-order valence-corrected chi connectivity index (χ1v) is 19.1. The van der Waals surface area contributed by atoms with E-state index in [0.29, 0.717) is 12.8 Å². The molecule has 0 aromatic carbocycles. The first-order chi connectivity index (χ1) is 21.8. The third kappa shape index (κ3) is 20.3. The van der Waals surface area contributed by atoms with Crippen molar-refractivity contribution >= 4 is 5.91 Å². The van der Waals surface area contributed by atoms with E-state index in [0.717, 1.165) is 19.3 Å². The Morgan fingerprint density at radius 3 is 1.36 bits per heavy atom. The van der Waals surface area contributed by atoms with Gasteiger partial charge in [0.1, 0.15) is 24.4 Å². The van der Waals surface area contributed by atoms with Crippen molar-refractivity contribution in [1.29, 1.82) is 0 Å². The molecule has 0 bridgehead atoms. The fourth-order valence-electron chi connectivity index (χ4n) is 6.57. The molecule has 45 heavy (non-hydrogen) atoms. The van der Waals surface area contributed by atoms with Crippen LogP contribution in [0.3, 0.4) is 0 Å². The van der Waals surface area contributed by atoms with Crippen molar-refractivity contribution in [3.63, 3.8) is 0 Å². The number of aliphatic hydroxyl groups excluding tert-OH is 5. The normalized spacial score (nSPS) is 23.2. The van der Waals surface area contributed by atoms with Gasteiger partial charge in [0.05, 0.1) is 24.9 Å². The lowest BCUT2D eigenvalue weighted by atomic mass is 9.90. The van der Waals surface area contributed by atoms with Crippen LogP contribution in [-0.4, -0.2) is 80.7 Å². The lowest BCUT2D eigenvalue weighted by Gasteiger charge is -2.41. The second kappa shape index (κ2) is 28.3. The third-order valence-electron chi connectivity index (χ3n) is 9.71. The molecule has 0 radical (unpaired) electrons. The molecule has 1 aliphatic rings. The molecule has 7 atom stereocenters. The largest absolute Gasteiger partial charge is 0.394 e. The Morgan fingerprint density at radius 1 is 0.600 bits per heavy atom. The zero-order valence-electron chi connectivity index (χ0n) is 29.2. The number of carbonyl (C=O) groups excluding carboxylic acids is 1. The highest BCUT2D eigenvalue weighted by molar-refractivity contribution is 5.76. The van der Waals surface area contributed by atoms with Gasteiger partial charge in [-0.1, -0.05) is 155 Å². The Kier molecular flexibility index (Phi) is 26.5. The van der Waals surface area contributed by atoms with E-state index in [1.54, 1.807) is 6.92 Å². The van der Waals surface area contributed by atoms with Gasteiger partial charge in [-0.05, 0) is 19.3 Å². The van der Waals surface area contributed by atoms with Gasteiger partial charge in [-0.3, -0.25) is 4.79 Å². The summed E-state index contributed by atoms with van der Waals surface area (Å²) in [5.74, 6) is -0.152. The SMILES string of the molecule is CCCCCCCCCCCCCCCCCCCCCCCCCC(=O)N[C@@H](C[C@H]1O[C@H](CO)[C@H](O)[C@H](O)[C@H]1O)[C@H](O)CC. The summed E-state index contributed by atoms with van der Waals surface area (Å²) in [6.45, 7) is 3.58. The van der Waals surface area contributed by atoms with E-state index in [4.69, 9.17) is 4.74 Å². The predicted molar refractivity (Wildman–Crippen MR) is 183 cm³/mol. The zero-order valence-corrected chi connectivity index (χ0v) is 29.2. The maximum absolute atomic E-state index is 12.6. The first kappa shape index (κ1) is 42.3. The van der Waals surface area contributed by atoms with E-state index < -0.39 is 49.3 Å². The Hall–Kier alpha value is -0.770. The number of nitrogens with one attached hydrogen (secondary N) is 1. The molecule has 8 heteroatoms. The van der Waals surface area contributed by atoms with Gasteiger partial charge in [0.2, 0.25) is 5.91 Å². The number of aliphatic hydroxyl groups is 5. The zero-order chi connectivity index (χ0) is 33.1. The Labute approximate surface area is 276 Å². The fourth-order valence-corrected chi connectivity index (χ4v) is 6.57. The number of rotatable bonds is 30. The summed E-state index contributed by atoms with van der Waals surface area (Å²) in [5.41, 5.74) is 0. The molecule has 1 fully saturated rings. The summed E-state index contributed by atoms with van der Waals surface area (Å²) in [6.07, 6.45) is 24.4. The molecule has 0 saturated carbocycles. The number of carbonyl (C=O) groups is 1. The van der Waals surface area contributed by atoms with Crippen LogP contribution in [0.25, 0.3) is 0 Å². The molecule has 0 unspecified atom stereocenters. The van der Waals surface area contributed by atoms with Crippen LogP contribution < -0.4 is 5.32 Å². The summed E-state index contributed by atoms with van der Waals surface area (Å²) in [5, 5.41) is 53.2. The molecule has 1 saturated heterocycles. The van der Waals surface area contributed by atoms with Gasteiger partial charge in [-0.25, -0.2) is 0 Å². The summed E-state index contributed by atoms with van der Waals surface area (Å²) in [6, 6.07) is -0.659. The van der Waals surface area contributed by atoms with Crippen molar-refractivity contribution < 1.29 is 35.1 Å². The van der Waals surface area contributed by atoms with Crippen LogP contribution in [-0.2, 0) is 9.53 Å². The van der Waals surface area contributed by atoms with Gasteiger partial charge in [-0.2, -0.15) is 0 Å². The van der Waals surface area contributed by atoms with Crippen molar-refractivity contribution in [3.8, 4) is 0 Å². The number of amides is 1. The van der Waals surface area contributed by atoms with Crippen molar-refractivity contribution in [2.24, 2.45) is 0 Å². The van der Waals surface area contributed by atoms with E-state index in [1.807, 2.05) is 0 Å². The predicted octanol–water partition coefficient (Wildman–Crippen LogP) is 6.86. The lowest BCUT2D eigenvalue weighted by molar-refractivity contribution is -0.232. The smallest absolute Gasteiger partial charge is 0.220 e. The molecule has 1 aliphatic heterocycles. The highest BCUT2D eigenvalue weighted by atomic mass is 16.5. The molecular weight excluding hydrogens is 570 g/mol. The number of hydrogen-bond acceptors (Lipinski definition) is 7. The molecule has 268 valence electrons. The van der Waals surface area contributed by atoms with Crippen LogP contribution in [0.4, 0.5) is 0 Å².